The summed E-state index contributed by atoms with van der Waals surface area (Å²) in [4.78, 5) is 15.5. The van der Waals surface area contributed by atoms with Gasteiger partial charge >= 0.3 is 0 Å². The van der Waals surface area contributed by atoms with Crippen molar-refractivity contribution in [1.29, 1.82) is 0 Å². The molecule has 0 aliphatic rings. The van der Waals surface area contributed by atoms with Crippen LogP contribution in [-0.2, 0) is 7.05 Å². The van der Waals surface area contributed by atoms with Crippen LogP contribution in [0.1, 0.15) is 10.4 Å². The van der Waals surface area contributed by atoms with E-state index in [0.29, 0.717) is 17.2 Å². The zero-order valence-corrected chi connectivity index (χ0v) is 12.3. The largest absolute Gasteiger partial charge is 0.507 e. The van der Waals surface area contributed by atoms with Crippen molar-refractivity contribution in [3.63, 3.8) is 0 Å². The number of rotatable bonds is 4. The molecule has 7 heteroatoms. The first-order valence-corrected chi connectivity index (χ1v) is 6.78. The Kier molecular flexibility index (Phi) is 3.68. The number of hydrogen-bond acceptors (Lipinski definition) is 5. The van der Waals surface area contributed by atoms with Gasteiger partial charge in [0.15, 0.2) is 0 Å². The number of nitrogens with zero attached hydrogens (tertiary/aromatic N) is 3. The van der Waals surface area contributed by atoms with Crippen molar-refractivity contribution in [3.05, 3.63) is 54.5 Å². The minimum Gasteiger partial charge on any atom is -0.507 e. The van der Waals surface area contributed by atoms with Crippen molar-refractivity contribution in [2.75, 3.05) is 0 Å². The highest BCUT2D eigenvalue weighted by molar-refractivity contribution is 5.95. The highest BCUT2D eigenvalue weighted by Crippen LogP contribution is 2.28. The Morgan fingerprint density at radius 1 is 1.26 bits per heavy atom. The maximum atomic E-state index is 11.3. The number of phenols is 1. The molecule has 0 fully saturated rings. The average Bonchev–Trinajstić information content (AvgIpc) is 2.96. The van der Waals surface area contributed by atoms with Crippen LogP contribution in [0, 0.1) is 0 Å². The molecule has 3 N–H and O–H groups in total. The molecule has 0 aliphatic carbocycles. The summed E-state index contributed by atoms with van der Waals surface area (Å²) < 4.78 is 7.39. The van der Waals surface area contributed by atoms with Crippen LogP contribution >= 0.6 is 0 Å². The maximum absolute atomic E-state index is 11.3. The molecule has 0 saturated carbocycles. The van der Waals surface area contributed by atoms with Crippen LogP contribution < -0.4 is 10.5 Å². The van der Waals surface area contributed by atoms with Gasteiger partial charge in [0.1, 0.15) is 17.2 Å². The number of carbonyl (C=O) groups excluding carboxylic acids is 1. The van der Waals surface area contributed by atoms with Crippen molar-refractivity contribution in [3.8, 4) is 28.5 Å². The molecular weight excluding hydrogens is 296 g/mol. The van der Waals surface area contributed by atoms with Gasteiger partial charge in [-0.1, -0.05) is 0 Å². The van der Waals surface area contributed by atoms with E-state index >= 15 is 0 Å². The first-order valence-electron chi connectivity index (χ1n) is 6.78. The minimum atomic E-state index is -0.723. The van der Waals surface area contributed by atoms with Crippen molar-refractivity contribution in [2.45, 2.75) is 0 Å². The van der Waals surface area contributed by atoms with Gasteiger partial charge in [-0.3, -0.25) is 14.5 Å². The number of nitrogens with two attached hydrogens (primary N) is 1. The van der Waals surface area contributed by atoms with Gasteiger partial charge in [0.05, 0.1) is 17.5 Å². The van der Waals surface area contributed by atoms with E-state index in [-0.39, 0.29) is 11.3 Å². The van der Waals surface area contributed by atoms with Crippen molar-refractivity contribution in [1.82, 2.24) is 14.8 Å². The molecular formula is C16H14N4O3. The predicted octanol–water partition coefficient (Wildman–Crippen LogP) is 2.08. The molecule has 0 radical (unpaired) electrons. The van der Waals surface area contributed by atoms with Crippen molar-refractivity contribution >= 4 is 5.91 Å². The van der Waals surface area contributed by atoms with E-state index in [4.69, 9.17) is 10.5 Å². The molecule has 1 aromatic carbocycles. The Bertz CT molecular complexity index is 873. The quantitative estimate of drug-likeness (QED) is 0.768. The van der Waals surface area contributed by atoms with Gasteiger partial charge in [0.25, 0.3) is 5.91 Å². The number of pyridine rings is 1. The molecule has 1 amide bonds. The first kappa shape index (κ1) is 14.6. The molecule has 0 spiro atoms. The van der Waals surface area contributed by atoms with E-state index in [2.05, 4.69) is 10.1 Å². The highest BCUT2D eigenvalue weighted by Gasteiger charge is 2.10. The second kappa shape index (κ2) is 5.80. The molecule has 2 heterocycles. The Morgan fingerprint density at radius 2 is 2.04 bits per heavy atom. The Hall–Kier alpha value is -3.35. The minimum absolute atomic E-state index is 0.00374. The standard InChI is InChI=1S/C16H14N4O3/c1-20-9-10(8-19-20)14-7-12(4-5-18-14)23-11-2-3-15(21)13(6-11)16(17)22/h2-9,21H,1H3,(H2,17,22). The average molecular weight is 310 g/mol. The number of carbonyl (C=O) groups is 1. The molecule has 7 nitrogen and oxygen atoms in total. The number of ether oxygens (including phenoxy) is 1. The lowest BCUT2D eigenvalue weighted by molar-refractivity contribution is 0.0997. The predicted molar refractivity (Wildman–Crippen MR) is 83.1 cm³/mol. The summed E-state index contributed by atoms with van der Waals surface area (Å²) in [7, 11) is 1.83. The van der Waals surface area contributed by atoms with Gasteiger partial charge in [-0.25, -0.2) is 0 Å². The SMILES string of the molecule is Cn1cc(-c2cc(Oc3ccc(O)c(C(N)=O)c3)ccn2)cn1. The monoisotopic (exact) mass is 310 g/mol. The number of hydrogen-bond donors (Lipinski definition) is 2. The smallest absolute Gasteiger partial charge is 0.252 e. The molecule has 0 unspecified atom stereocenters. The topological polar surface area (TPSA) is 103 Å². The number of benzene rings is 1. The second-order valence-corrected chi connectivity index (χ2v) is 4.92. The molecule has 0 bridgehead atoms. The third kappa shape index (κ3) is 3.13. The number of primary amides is 1. The van der Waals surface area contributed by atoms with Crippen molar-refractivity contribution < 1.29 is 14.6 Å². The summed E-state index contributed by atoms with van der Waals surface area (Å²) in [5.41, 5.74) is 6.78. The zero-order chi connectivity index (χ0) is 16.4. The second-order valence-electron chi connectivity index (χ2n) is 4.92. The lowest BCUT2D eigenvalue weighted by Crippen LogP contribution is -2.11. The van der Waals surface area contributed by atoms with Gasteiger partial charge in [0.2, 0.25) is 0 Å². The third-order valence-electron chi connectivity index (χ3n) is 3.20. The van der Waals surface area contributed by atoms with E-state index in [1.54, 1.807) is 35.3 Å². The van der Waals surface area contributed by atoms with Crippen molar-refractivity contribution in [2.24, 2.45) is 12.8 Å². The Balaban J connectivity index is 1.89. The molecule has 0 atom stereocenters. The molecule has 0 saturated heterocycles. The lowest BCUT2D eigenvalue weighted by atomic mass is 10.2. The summed E-state index contributed by atoms with van der Waals surface area (Å²) in [6, 6.07) is 7.75. The van der Waals surface area contributed by atoms with Gasteiger partial charge in [-0.05, 0) is 24.3 Å². The molecule has 3 rings (SSSR count). The number of amides is 1. The summed E-state index contributed by atoms with van der Waals surface area (Å²) >= 11 is 0. The van der Waals surface area contributed by atoms with E-state index in [0.717, 1.165) is 5.56 Å². The number of aromatic nitrogens is 3. The number of aryl methyl sites for hydroxylation is 1. The fraction of sp³-hybridized carbons (Fsp3) is 0.0625. The Morgan fingerprint density at radius 3 is 2.74 bits per heavy atom. The van der Waals surface area contributed by atoms with Crippen LogP contribution in [0.4, 0.5) is 0 Å². The van der Waals surface area contributed by atoms with E-state index in [9.17, 15) is 9.90 Å². The van der Waals surface area contributed by atoms with Crippen LogP contribution in [0.2, 0.25) is 0 Å². The van der Waals surface area contributed by atoms with Gasteiger partial charge in [-0.15, -0.1) is 0 Å². The van der Waals surface area contributed by atoms with Crippen LogP contribution in [-0.4, -0.2) is 25.8 Å². The summed E-state index contributed by atoms with van der Waals surface area (Å²) in [6.45, 7) is 0. The van der Waals surface area contributed by atoms with Crippen LogP contribution in [0.15, 0.2) is 48.9 Å². The fourth-order valence-corrected chi connectivity index (χ4v) is 2.10. The summed E-state index contributed by atoms with van der Waals surface area (Å²) in [5.74, 6) is 0.0225. The van der Waals surface area contributed by atoms with E-state index in [1.807, 2.05) is 13.2 Å². The zero-order valence-electron chi connectivity index (χ0n) is 12.3. The lowest BCUT2D eigenvalue weighted by Gasteiger charge is -2.08. The van der Waals surface area contributed by atoms with Gasteiger partial charge in [-0.2, -0.15) is 5.10 Å². The van der Waals surface area contributed by atoms with E-state index < -0.39 is 5.91 Å². The van der Waals surface area contributed by atoms with Gasteiger partial charge < -0.3 is 15.6 Å². The molecule has 23 heavy (non-hydrogen) atoms. The van der Waals surface area contributed by atoms with Crippen LogP contribution in [0.3, 0.4) is 0 Å². The molecule has 116 valence electrons. The maximum Gasteiger partial charge on any atom is 0.252 e. The molecule has 0 aliphatic heterocycles. The Labute approximate surface area is 132 Å². The van der Waals surface area contributed by atoms with Crippen LogP contribution in [0.25, 0.3) is 11.3 Å². The summed E-state index contributed by atoms with van der Waals surface area (Å²) in [6.07, 6.45) is 5.17. The molecule has 2 aromatic heterocycles. The van der Waals surface area contributed by atoms with Gasteiger partial charge in [0, 0.05) is 31.1 Å². The normalized spacial score (nSPS) is 10.5. The molecule has 3 aromatic rings. The van der Waals surface area contributed by atoms with Crippen LogP contribution in [0.5, 0.6) is 17.2 Å². The highest BCUT2D eigenvalue weighted by atomic mass is 16.5. The third-order valence-corrected chi connectivity index (χ3v) is 3.20. The number of aromatic hydroxyl groups is 1. The van der Waals surface area contributed by atoms with E-state index in [1.165, 1.54) is 12.1 Å². The summed E-state index contributed by atoms with van der Waals surface area (Å²) in [5, 5.41) is 13.7. The first-order chi connectivity index (χ1) is 11.0. The fourth-order valence-electron chi connectivity index (χ4n) is 2.10.